The Labute approximate surface area is 91.6 Å². The van der Waals surface area contributed by atoms with Gasteiger partial charge in [0.2, 0.25) is 0 Å². The van der Waals surface area contributed by atoms with Crippen LogP contribution in [0.15, 0.2) is 24.3 Å². The third-order valence-electron chi connectivity index (χ3n) is 2.20. The maximum absolute atomic E-state index is 5.27. The van der Waals surface area contributed by atoms with Gasteiger partial charge in [0.15, 0.2) is 0 Å². The molecule has 1 rings (SSSR count). The molecule has 0 fully saturated rings. The SMILES string of the molecule is C#CC(C)NCc1ccc(COC)cc1. The van der Waals surface area contributed by atoms with Crippen LogP contribution in [0.3, 0.4) is 0 Å². The molecule has 2 nitrogen and oxygen atoms in total. The van der Waals surface area contributed by atoms with Crippen molar-refractivity contribution in [2.45, 2.75) is 26.1 Å². The fraction of sp³-hybridized carbons (Fsp3) is 0.385. The highest BCUT2D eigenvalue weighted by Gasteiger charge is 1.97. The maximum Gasteiger partial charge on any atom is 0.0713 e. The van der Waals surface area contributed by atoms with E-state index >= 15 is 0 Å². The number of ether oxygens (including phenoxy) is 1. The highest BCUT2D eigenvalue weighted by Crippen LogP contribution is 2.05. The number of hydrogen-bond acceptors (Lipinski definition) is 2. The Hall–Kier alpha value is -1.30. The van der Waals surface area contributed by atoms with E-state index in [0.29, 0.717) is 6.61 Å². The summed E-state index contributed by atoms with van der Waals surface area (Å²) in [5, 5.41) is 3.23. The molecule has 0 aliphatic carbocycles. The van der Waals surface area contributed by atoms with Gasteiger partial charge in [-0.2, -0.15) is 0 Å². The minimum absolute atomic E-state index is 0.114. The molecule has 2 heteroatoms. The maximum atomic E-state index is 5.27. The van der Waals surface area contributed by atoms with E-state index in [0.717, 1.165) is 6.54 Å². The molecule has 0 spiro atoms. The van der Waals surface area contributed by atoms with Crippen molar-refractivity contribution in [2.75, 3.05) is 7.11 Å². The molecule has 0 heterocycles. The number of terminal acetylenes is 1. The summed E-state index contributed by atoms with van der Waals surface area (Å²) in [6.07, 6.45) is 5.27. The Balaban J connectivity index is 2.46. The first-order valence-corrected chi connectivity index (χ1v) is 5.02. The van der Waals surface area contributed by atoms with Crippen molar-refractivity contribution in [2.24, 2.45) is 0 Å². The molecule has 0 saturated heterocycles. The third-order valence-corrected chi connectivity index (χ3v) is 2.20. The molecular weight excluding hydrogens is 186 g/mol. The molecule has 0 aliphatic rings. The highest BCUT2D eigenvalue weighted by atomic mass is 16.5. The van der Waals surface area contributed by atoms with Gasteiger partial charge in [-0.15, -0.1) is 6.42 Å². The van der Waals surface area contributed by atoms with E-state index in [4.69, 9.17) is 11.2 Å². The summed E-state index contributed by atoms with van der Waals surface area (Å²) in [6.45, 7) is 3.44. The Morgan fingerprint density at radius 2 is 1.93 bits per heavy atom. The van der Waals surface area contributed by atoms with E-state index in [1.807, 2.05) is 6.92 Å². The normalized spacial score (nSPS) is 12.1. The lowest BCUT2D eigenvalue weighted by atomic mass is 10.1. The van der Waals surface area contributed by atoms with Gasteiger partial charge >= 0.3 is 0 Å². The van der Waals surface area contributed by atoms with E-state index in [9.17, 15) is 0 Å². The Morgan fingerprint density at radius 3 is 2.47 bits per heavy atom. The van der Waals surface area contributed by atoms with Gasteiger partial charge in [-0.05, 0) is 18.1 Å². The minimum Gasteiger partial charge on any atom is -0.380 e. The van der Waals surface area contributed by atoms with Crippen LogP contribution < -0.4 is 5.32 Å². The average molecular weight is 203 g/mol. The molecule has 1 N–H and O–H groups in total. The number of nitrogens with one attached hydrogen (secondary N) is 1. The van der Waals surface area contributed by atoms with Gasteiger partial charge in [-0.25, -0.2) is 0 Å². The lowest BCUT2D eigenvalue weighted by Gasteiger charge is -2.08. The lowest BCUT2D eigenvalue weighted by Crippen LogP contribution is -2.23. The number of methoxy groups -OCH3 is 1. The summed E-state index contributed by atoms with van der Waals surface area (Å²) in [5.74, 6) is 2.64. The first-order chi connectivity index (χ1) is 7.26. The molecule has 0 radical (unpaired) electrons. The molecule has 1 aromatic carbocycles. The minimum atomic E-state index is 0.114. The molecule has 0 saturated carbocycles. The largest absolute Gasteiger partial charge is 0.380 e. The molecule has 0 bridgehead atoms. The summed E-state index contributed by atoms with van der Waals surface area (Å²) in [4.78, 5) is 0. The van der Waals surface area contributed by atoms with Crippen LogP contribution in [-0.4, -0.2) is 13.2 Å². The number of rotatable bonds is 5. The molecule has 0 aliphatic heterocycles. The van der Waals surface area contributed by atoms with Crippen molar-refractivity contribution in [1.29, 1.82) is 0 Å². The fourth-order valence-electron chi connectivity index (χ4n) is 1.25. The van der Waals surface area contributed by atoms with Crippen LogP contribution in [-0.2, 0) is 17.9 Å². The Morgan fingerprint density at radius 1 is 1.33 bits per heavy atom. The first kappa shape index (κ1) is 11.8. The third kappa shape index (κ3) is 4.16. The van der Waals surface area contributed by atoms with Gasteiger partial charge in [0.05, 0.1) is 12.6 Å². The summed E-state index contributed by atoms with van der Waals surface area (Å²) in [7, 11) is 1.70. The standard InChI is InChI=1S/C13H17NO/c1-4-11(2)14-9-12-5-7-13(8-6-12)10-15-3/h1,5-8,11,14H,9-10H2,2-3H3. The van der Waals surface area contributed by atoms with E-state index in [1.165, 1.54) is 11.1 Å². The van der Waals surface area contributed by atoms with Gasteiger partial charge in [-0.3, -0.25) is 5.32 Å². The summed E-state index contributed by atoms with van der Waals surface area (Å²) >= 11 is 0. The van der Waals surface area contributed by atoms with Crippen LogP contribution in [0.1, 0.15) is 18.1 Å². The van der Waals surface area contributed by atoms with E-state index < -0.39 is 0 Å². The van der Waals surface area contributed by atoms with E-state index in [-0.39, 0.29) is 6.04 Å². The molecular formula is C13H17NO. The fourth-order valence-corrected chi connectivity index (χ4v) is 1.25. The van der Waals surface area contributed by atoms with Crippen LogP contribution in [0, 0.1) is 12.3 Å². The van der Waals surface area contributed by atoms with Crippen LogP contribution in [0.5, 0.6) is 0 Å². The van der Waals surface area contributed by atoms with Crippen molar-refractivity contribution in [3.8, 4) is 12.3 Å². The summed E-state index contributed by atoms with van der Waals surface area (Å²) in [5.41, 5.74) is 2.42. The van der Waals surface area contributed by atoms with E-state index in [2.05, 4.69) is 35.5 Å². The molecule has 80 valence electrons. The monoisotopic (exact) mass is 203 g/mol. The second-order valence-corrected chi connectivity index (χ2v) is 3.52. The predicted molar refractivity (Wildman–Crippen MR) is 62.3 cm³/mol. The van der Waals surface area contributed by atoms with Crippen molar-refractivity contribution in [3.05, 3.63) is 35.4 Å². The smallest absolute Gasteiger partial charge is 0.0713 e. The zero-order valence-electron chi connectivity index (χ0n) is 9.29. The van der Waals surface area contributed by atoms with Crippen LogP contribution in [0.2, 0.25) is 0 Å². The number of hydrogen-bond donors (Lipinski definition) is 1. The van der Waals surface area contributed by atoms with Crippen LogP contribution >= 0.6 is 0 Å². The van der Waals surface area contributed by atoms with Gasteiger partial charge in [0.25, 0.3) is 0 Å². The molecule has 0 amide bonds. The quantitative estimate of drug-likeness (QED) is 0.738. The number of benzene rings is 1. The van der Waals surface area contributed by atoms with Gasteiger partial charge in [-0.1, -0.05) is 30.2 Å². The highest BCUT2D eigenvalue weighted by molar-refractivity contribution is 5.22. The zero-order valence-corrected chi connectivity index (χ0v) is 9.29. The van der Waals surface area contributed by atoms with Gasteiger partial charge in [0.1, 0.15) is 0 Å². The zero-order chi connectivity index (χ0) is 11.1. The Kier molecular flexibility index (Phi) is 4.89. The summed E-state index contributed by atoms with van der Waals surface area (Å²) in [6, 6.07) is 8.43. The molecule has 1 atom stereocenters. The second kappa shape index (κ2) is 6.23. The molecule has 1 unspecified atom stereocenters. The van der Waals surface area contributed by atoms with Crippen molar-refractivity contribution < 1.29 is 4.74 Å². The summed E-state index contributed by atoms with van der Waals surface area (Å²) < 4.78 is 5.04. The van der Waals surface area contributed by atoms with E-state index in [1.54, 1.807) is 7.11 Å². The molecule has 15 heavy (non-hydrogen) atoms. The topological polar surface area (TPSA) is 21.3 Å². The first-order valence-electron chi connectivity index (χ1n) is 5.02. The van der Waals surface area contributed by atoms with Crippen molar-refractivity contribution in [1.82, 2.24) is 5.32 Å². The predicted octanol–water partition coefficient (Wildman–Crippen LogP) is 1.94. The van der Waals surface area contributed by atoms with Crippen LogP contribution in [0.4, 0.5) is 0 Å². The average Bonchev–Trinajstić information content (AvgIpc) is 2.28. The molecule has 1 aromatic rings. The van der Waals surface area contributed by atoms with Crippen molar-refractivity contribution in [3.63, 3.8) is 0 Å². The lowest BCUT2D eigenvalue weighted by molar-refractivity contribution is 0.185. The van der Waals surface area contributed by atoms with Crippen LogP contribution in [0.25, 0.3) is 0 Å². The molecule has 0 aromatic heterocycles. The van der Waals surface area contributed by atoms with Gasteiger partial charge in [0, 0.05) is 13.7 Å². The second-order valence-electron chi connectivity index (χ2n) is 3.52. The van der Waals surface area contributed by atoms with Gasteiger partial charge < -0.3 is 4.74 Å². The Bertz CT molecular complexity index is 323. The van der Waals surface area contributed by atoms with Crippen molar-refractivity contribution >= 4 is 0 Å².